The Balaban J connectivity index is 1.67. The third-order valence-corrected chi connectivity index (χ3v) is 3.91. The van der Waals surface area contributed by atoms with Crippen LogP contribution in [0.2, 0.25) is 0 Å². The van der Waals surface area contributed by atoms with Gasteiger partial charge in [0, 0.05) is 36.1 Å². The molecule has 2 aromatic heterocycles. The first-order valence-electron chi connectivity index (χ1n) is 8.30. The summed E-state index contributed by atoms with van der Waals surface area (Å²) in [6.07, 6.45) is 3.32. The highest BCUT2D eigenvalue weighted by atomic mass is 16.3. The van der Waals surface area contributed by atoms with Crippen molar-refractivity contribution in [2.75, 3.05) is 11.9 Å². The van der Waals surface area contributed by atoms with Crippen molar-refractivity contribution in [1.29, 1.82) is 0 Å². The third kappa shape index (κ3) is 4.59. The second-order valence-corrected chi connectivity index (χ2v) is 6.07. The molecular weight excluding hydrogens is 348 g/mol. The number of aliphatic hydroxyl groups excluding tert-OH is 1. The quantitative estimate of drug-likeness (QED) is 0.541. The molecule has 1 unspecified atom stereocenters. The van der Waals surface area contributed by atoms with Gasteiger partial charge in [-0.1, -0.05) is 12.1 Å². The fourth-order valence-electron chi connectivity index (χ4n) is 2.63. The van der Waals surface area contributed by atoms with Gasteiger partial charge in [-0.3, -0.25) is 9.48 Å². The first-order chi connectivity index (χ1) is 12.9. The number of benzene rings is 1. The van der Waals surface area contributed by atoms with Gasteiger partial charge in [0.2, 0.25) is 0 Å². The molecule has 0 saturated carbocycles. The van der Waals surface area contributed by atoms with E-state index < -0.39 is 12.1 Å². The number of amides is 2. The first kappa shape index (κ1) is 18.3. The molecule has 3 aromatic rings. The van der Waals surface area contributed by atoms with E-state index in [2.05, 4.69) is 25.7 Å². The summed E-state index contributed by atoms with van der Waals surface area (Å²) >= 11 is 0. The second-order valence-electron chi connectivity index (χ2n) is 6.07. The number of aryl methyl sites for hydroxylation is 2. The summed E-state index contributed by atoms with van der Waals surface area (Å²) < 4.78 is 1.60. The van der Waals surface area contributed by atoms with E-state index in [4.69, 9.17) is 0 Å². The van der Waals surface area contributed by atoms with Crippen molar-refractivity contribution in [3.05, 3.63) is 64.5 Å². The van der Waals surface area contributed by atoms with Crippen LogP contribution in [0.4, 0.5) is 10.5 Å². The number of carbonyl (C=O) groups is 1. The summed E-state index contributed by atoms with van der Waals surface area (Å²) in [4.78, 5) is 30.6. The zero-order valence-corrected chi connectivity index (χ0v) is 14.9. The predicted octanol–water partition coefficient (Wildman–Crippen LogP) is 1.33. The van der Waals surface area contributed by atoms with Gasteiger partial charge in [-0.05, 0) is 19.1 Å². The Morgan fingerprint density at radius 1 is 1.33 bits per heavy atom. The van der Waals surface area contributed by atoms with E-state index in [-0.39, 0.29) is 12.2 Å². The summed E-state index contributed by atoms with van der Waals surface area (Å²) in [5.74, 6) is 0.532. The van der Waals surface area contributed by atoms with Crippen molar-refractivity contribution in [3.63, 3.8) is 0 Å². The molecule has 1 aromatic carbocycles. The van der Waals surface area contributed by atoms with Crippen LogP contribution in [-0.2, 0) is 7.05 Å². The SMILES string of the molecule is Cc1nc(-c2ccc(NC(=O)NC(CO)c3cnn(C)c3)cc2)cc(=O)[nH]1. The van der Waals surface area contributed by atoms with E-state index in [1.165, 1.54) is 6.07 Å². The largest absolute Gasteiger partial charge is 0.394 e. The molecule has 2 amide bonds. The molecular formula is C18H20N6O3. The van der Waals surface area contributed by atoms with Gasteiger partial charge in [0.05, 0.1) is 24.5 Å². The van der Waals surface area contributed by atoms with Crippen LogP contribution in [0.25, 0.3) is 11.3 Å². The minimum absolute atomic E-state index is 0.218. The Morgan fingerprint density at radius 2 is 2.07 bits per heavy atom. The summed E-state index contributed by atoms with van der Waals surface area (Å²) in [7, 11) is 1.76. The lowest BCUT2D eigenvalue weighted by Crippen LogP contribution is -2.34. The number of nitrogens with one attached hydrogen (secondary N) is 3. The van der Waals surface area contributed by atoms with Crippen molar-refractivity contribution < 1.29 is 9.90 Å². The summed E-state index contributed by atoms with van der Waals surface area (Å²) in [6.45, 7) is 1.47. The lowest BCUT2D eigenvalue weighted by molar-refractivity contribution is 0.225. The van der Waals surface area contributed by atoms with Crippen LogP contribution in [0, 0.1) is 6.92 Å². The number of aromatic nitrogens is 4. The normalized spacial score (nSPS) is 11.8. The highest BCUT2D eigenvalue weighted by Gasteiger charge is 2.15. The smallest absolute Gasteiger partial charge is 0.319 e. The highest BCUT2D eigenvalue weighted by Crippen LogP contribution is 2.19. The number of aliphatic hydroxyl groups is 1. The molecule has 0 bridgehead atoms. The van der Waals surface area contributed by atoms with Gasteiger partial charge in [0.25, 0.3) is 5.56 Å². The highest BCUT2D eigenvalue weighted by molar-refractivity contribution is 5.89. The molecule has 0 aliphatic heterocycles. The maximum absolute atomic E-state index is 12.2. The molecule has 3 rings (SSSR count). The number of rotatable bonds is 5. The average molecular weight is 368 g/mol. The number of hydrogen-bond donors (Lipinski definition) is 4. The summed E-state index contributed by atoms with van der Waals surface area (Å²) in [5.41, 5.74) is 2.38. The second kappa shape index (κ2) is 7.83. The number of carbonyl (C=O) groups excluding carboxylic acids is 1. The summed E-state index contributed by atoms with van der Waals surface area (Å²) in [5, 5.41) is 18.9. The van der Waals surface area contributed by atoms with Crippen molar-refractivity contribution >= 4 is 11.7 Å². The van der Waals surface area contributed by atoms with Gasteiger partial charge in [-0.25, -0.2) is 9.78 Å². The van der Waals surface area contributed by atoms with Crippen LogP contribution in [-0.4, -0.2) is 37.5 Å². The van der Waals surface area contributed by atoms with Crippen molar-refractivity contribution in [2.24, 2.45) is 7.05 Å². The Morgan fingerprint density at radius 3 is 2.67 bits per heavy atom. The number of nitrogens with zero attached hydrogens (tertiary/aromatic N) is 3. The van der Waals surface area contributed by atoms with Gasteiger partial charge in [-0.2, -0.15) is 5.10 Å². The molecule has 0 fully saturated rings. The zero-order valence-electron chi connectivity index (χ0n) is 14.9. The van der Waals surface area contributed by atoms with E-state index in [0.717, 1.165) is 5.56 Å². The topological polar surface area (TPSA) is 125 Å². The van der Waals surface area contributed by atoms with E-state index in [1.807, 2.05) is 0 Å². The Labute approximate surface area is 155 Å². The number of hydrogen-bond acceptors (Lipinski definition) is 5. The lowest BCUT2D eigenvalue weighted by Gasteiger charge is -2.15. The first-order valence-corrected chi connectivity index (χ1v) is 8.30. The Bertz CT molecular complexity index is 993. The average Bonchev–Trinajstić information content (AvgIpc) is 3.05. The molecule has 27 heavy (non-hydrogen) atoms. The van der Waals surface area contributed by atoms with Gasteiger partial charge >= 0.3 is 6.03 Å². The van der Waals surface area contributed by atoms with Crippen LogP contribution in [0.1, 0.15) is 17.4 Å². The fourth-order valence-corrected chi connectivity index (χ4v) is 2.63. The standard InChI is InChI=1S/C18H20N6O3/c1-11-20-15(7-17(26)21-11)12-3-5-14(6-4-12)22-18(27)23-16(10-25)13-8-19-24(2)9-13/h3-9,16,25H,10H2,1-2H3,(H,20,21,26)(H2,22,23,27). The van der Waals surface area contributed by atoms with Gasteiger partial charge < -0.3 is 20.7 Å². The molecule has 9 heteroatoms. The molecule has 0 aliphatic rings. The monoisotopic (exact) mass is 368 g/mol. The van der Waals surface area contributed by atoms with Crippen LogP contribution in [0.3, 0.4) is 0 Å². The molecule has 2 heterocycles. The summed E-state index contributed by atoms with van der Waals surface area (Å²) in [6, 6.07) is 7.37. The van der Waals surface area contributed by atoms with Crippen LogP contribution in [0.5, 0.6) is 0 Å². The van der Waals surface area contributed by atoms with E-state index in [0.29, 0.717) is 22.8 Å². The Hall–Kier alpha value is -3.46. The van der Waals surface area contributed by atoms with Gasteiger partial charge in [0.15, 0.2) is 0 Å². The van der Waals surface area contributed by atoms with E-state index in [1.54, 1.807) is 55.3 Å². The maximum atomic E-state index is 12.2. The molecule has 0 radical (unpaired) electrons. The molecule has 0 aliphatic carbocycles. The third-order valence-electron chi connectivity index (χ3n) is 3.91. The molecule has 4 N–H and O–H groups in total. The van der Waals surface area contributed by atoms with E-state index in [9.17, 15) is 14.7 Å². The molecule has 0 saturated heterocycles. The van der Waals surface area contributed by atoms with Crippen molar-refractivity contribution in [1.82, 2.24) is 25.1 Å². The van der Waals surface area contributed by atoms with Crippen LogP contribution < -0.4 is 16.2 Å². The minimum Gasteiger partial charge on any atom is -0.394 e. The van der Waals surface area contributed by atoms with Crippen molar-refractivity contribution in [3.8, 4) is 11.3 Å². The van der Waals surface area contributed by atoms with Crippen LogP contribution >= 0.6 is 0 Å². The molecule has 0 spiro atoms. The number of H-pyrrole nitrogens is 1. The molecule has 9 nitrogen and oxygen atoms in total. The number of anilines is 1. The van der Waals surface area contributed by atoms with Gasteiger partial charge in [0.1, 0.15) is 5.82 Å². The number of aromatic amines is 1. The minimum atomic E-state index is -0.554. The number of urea groups is 1. The molecule has 1 atom stereocenters. The van der Waals surface area contributed by atoms with Gasteiger partial charge in [-0.15, -0.1) is 0 Å². The van der Waals surface area contributed by atoms with E-state index >= 15 is 0 Å². The Kier molecular flexibility index (Phi) is 5.32. The zero-order chi connectivity index (χ0) is 19.4. The fraction of sp³-hybridized carbons (Fsp3) is 0.222. The van der Waals surface area contributed by atoms with Crippen LogP contribution in [0.15, 0.2) is 47.5 Å². The predicted molar refractivity (Wildman–Crippen MR) is 100 cm³/mol. The lowest BCUT2D eigenvalue weighted by atomic mass is 10.1. The maximum Gasteiger partial charge on any atom is 0.319 e. The molecule has 140 valence electrons. The van der Waals surface area contributed by atoms with Crippen molar-refractivity contribution in [2.45, 2.75) is 13.0 Å².